The summed E-state index contributed by atoms with van der Waals surface area (Å²) in [6.07, 6.45) is 0. The van der Waals surface area contributed by atoms with Crippen molar-refractivity contribution in [2.24, 2.45) is 0 Å². The number of benzene rings is 1. The van der Waals surface area contributed by atoms with Crippen LogP contribution in [0.1, 0.15) is 11.1 Å². The van der Waals surface area contributed by atoms with Crippen LogP contribution in [0.25, 0.3) is 0 Å². The number of nitrogens with zero attached hydrogens (tertiary/aromatic N) is 1. The van der Waals surface area contributed by atoms with Gasteiger partial charge in [0.05, 0.1) is 32.1 Å². The van der Waals surface area contributed by atoms with Gasteiger partial charge in [-0.3, -0.25) is 0 Å². The Morgan fingerprint density at radius 1 is 1.17 bits per heavy atom. The number of aryl methyl sites for hydroxylation is 1. The average molecular weight is 463 g/mol. The summed E-state index contributed by atoms with van der Waals surface area (Å²) in [7, 11) is 2.52. The molecule has 0 bridgehead atoms. The number of ether oxygens (including phenoxy) is 3. The minimum absolute atomic E-state index is 0.0202. The first kappa shape index (κ1) is 19.0. The zero-order valence-electron chi connectivity index (χ0n) is 13.7. The maximum Gasteiger partial charge on any atom is 0.355 e. The molecule has 0 fully saturated rings. The van der Waals surface area contributed by atoms with Crippen molar-refractivity contribution in [2.45, 2.75) is 13.8 Å². The van der Waals surface area contributed by atoms with Crippen LogP contribution in [-0.2, 0) is 23.8 Å². The van der Waals surface area contributed by atoms with Crippen molar-refractivity contribution in [3.05, 3.63) is 37.4 Å². The number of carbonyl (C=O) groups is 2. The van der Waals surface area contributed by atoms with E-state index >= 15 is 0 Å². The fraction of sp³-hybridized carbons (Fsp3) is 0.375. The monoisotopic (exact) mass is 461 g/mol. The molecule has 0 spiro atoms. The lowest BCUT2D eigenvalue weighted by Gasteiger charge is -2.33. The molecule has 0 aliphatic carbocycles. The van der Waals surface area contributed by atoms with E-state index in [4.69, 9.17) is 14.2 Å². The average Bonchev–Trinajstić information content (AvgIpc) is 2.58. The van der Waals surface area contributed by atoms with Crippen molar-refractivity contribution in [1.29, 1.82) is 0 Å². The van der Waals surface area contributed by atoms with Gasteiger partial charge in [-0.05, 0) is 62.9 Å². The van der Waals surface area contributed by atoms with E-state index in [1.54, 1.807) is 4.90 Å². The summed E-state index contributed by atoms with van der Waals surface area (Å²) < 4.78 is 16.7. The van der Waals surface area contributed by atoms with Gasteiger partial charge in [0, 0.05) is 8.95 Å². The van der Waals surface area contributed by atoms with E-state index in [2.05, 4.69) is 31.9 Å². The molecule has 1 aromatic rings. The van der Waals surface area contributed by atoms with Crippen LogP contribution in [0.2, 0.25) is 0 Å². The molecule has 1 aromatic carbocycles. The van der Waals surface area contributed by atoms with Gasteiger partial charge in [0.1, 0.15) is 12.4 Å². The summed E-state index contributed by atoms with van der Waals surface area (Å²) in [4.78, 5) is 26.0. The van der Waals surface area contributed by atoms with Gasteiger partial charge in [-0.1, -0.05) is 0 Å². The van der Waals surface area contributed by atoms with E-state index in [0.717, 1.165) is 20.1 Å². The Bertz CT molecular complexity index is 730. The van der Waals surface area contributed by atoms with Crippen LogP contribution in [0.3, 0.4) is 0 Å². The lowest BCUT2D eigenvalue weighted by molar-refractivity contribution is -0.140. The van der Waals surface area contributed by atoms with Gasteiger partial charge in [0.2, 0.25) is 0 Å². The molecule has 0 radical (unpaired) electrons. The fourth-order valence-corrected chi connectivity index (χ4v) is 4.15. The SMILES string of the molecule is COC(=O)C1=C(C(=O)OC)N(c2c(Br)cc(C)c(C)c2Br)COC1. The second-order valence-corrected chi connectivity index (χ2v) is 6.83. The molecule has 0 atom stereocenters. The second-order valence-electron chi connectivity index (χ2n) is 5.18. The van der Waals surface area contributed by atoms with E-state index in [1.807, 2.05) is 19.9 Å². The van der Waals surface area contributed by atoms with E-state index in [1.165, 1.54) is 14.2 Å². The van der Waals surface area contributed by atoms with Crippen LogP contribution in [0.15, 0.2) is 26.3 Å². The maximum atomic E-state index is 12.3. The van der Waals surface area contributed by atoms with Gasteiger partial charge in [-0.2, -0.15) is 0 Å². The van der Waals surface area contributed by atoms with Crippen molar-refractivity contribution >= 4 is 49.5 Å². The number of esters is 2. The smallest absolute Gasteiger partial charge is 0.355 e. The highest BCUT2D eigenvalue weighted by Crippen LogP contribution is 2.41. The molecule has 0 saturated carbocycles. The molecule has 130 valence electrons. The first-order chi connectivity index (χ1) is 11.3. The third-order valence-corrected chi connectivity index (χ3v) is 5.38. The van der Waals surface area contributed by atoms with Gasteiger partial charge in [0.25, 0.3) is 0 Å². The first-order valence-corrected chi connectivity index (χ1v) is 8.62. The van der Waals surface area contributed by atoms with Gasteiger partial charge in [-0.25, -0.2) is 9.59 Å². The number of anilines is 1. The molecule has 24 heavy (non-hydrogen) atoms. The lowest BCUT2D eigenvalue weighted by Crippen LogP contribution is -2.39. The summed E-state index contributed by atoms with van der Waals surface area (Å²) in [5.74, 6) is -1.26. The molecule has 0 unspecified atom stereocenters. The number of methoxy groups -OCH3 is 2. The van der Waals surface area contributed by atoms with Crippen LogP contribution >= 0.6 is 31.9 Å². The zero-order valence-corrected chi connectivity index (χ0v) is 16.9. The minimum atomic E-state index is -0.629. The maximum absolute atomic E-state index is 12.3. The largest absolute Gasteiger partial charge is 0.466 e. The van der Waals surface area contributed by atoms with E-state index in [9.17, 15) is 9.59 Å². The molecular formula is C16H17Br2NO5. The Morgan fingerprint density at radius 2 is 1.79 bits per heavy atom. The molecule has 0 amide bonds. The van der Waals surface area contributed by atoms with Crippen LogP contribution in [-0.4, -0.2) is 39.5 Å². The zero-order chi connectivity index (χ0) is 18.0. The molecule has 6 nitrogen and oxygen atoms in total. The molecule has 1 heterocycles. The molecule has 0 saturated heterocycles. The van der Waals surface area contributed by atoms with Gasteiger partial charge in [-0.15, -0.1) is 0 Å². The van der Waals surface area contributed by atoms with Crippen LogP contribution in [0.4, 0.5) is 5.69 Å². The summed E-state index contributed by atoms with van der Waals surface area (Å²) in [6.45, 7) is 4.03. The standard InChI is InChI=1S/C16H17Br2NO5/c1-8-5-11(17)14(12(18)9(8)2)19-7-24-6-10(15(20)22-3)13(19)16(21)23-4/h5H,6-7H2,1-4H3. The molecule has 8 heteroatoms. The molecule has 0 aromatic heterocycles. The quantitative estimate of drug-likeness (QED) is 0.642. The Kier molecular flexibility index (Phi) is 6.06. The summed E-state index contributed by atoms with van der Waals surface area (Å²) in [5.41, 5.74) is 3.00. The first-order valence-electron chi connectivity index (χ1n) is 7.03. The molecule has 2 rings (SSSR count). The topological polar surface area (TPSA) is 65.1 Å². The Balaban J connectivity index is 2.71. The molecule has 1 aliphatic rings. The Labute approximate surface area is 157 Å². The van der Waals surface area contributed by atoms with Crippen molar-refractivity contribution < 1.29 is 23.8 Å². The number of hydrogen-bond donors (Lipinski definition) is 0. The van der Waals surface area contributed by atoms with Gasteiger partial charge < -0.3 is 19.1 Å². The highest BCUT2D eigenvalue weighted by Gasteiger charge is 2.34. The van der Waals surface area contributed by atoms with E-state index in [0.29, 0.717) is 5.69 Å². The van der Waals surface area contributed by atoms with Crippen molar-refractivity contribution in [2.75, 3.05) is 32.5 Å². The predicted octanol–water partition coefficient (Wildman–Crippen LogP) is 3.22. The highest BCUT2D eigenvalue weighted by molar-refractivity contribution is 9.11. The lowest BCUT2D eigenvalue weighted by atomic mass is 10.1. The third-order valence-electron chi connectivity index (χ3n) is 3.80. The summed E-state index contributed by atoms with van der Waals surface area (Å²) >= 11 is 7.09. The Morgan fingerprint density at radius 3 is 2.38 bits per heavy atom. The minimum Gasteiger partial charge on any atom is -0.466 e. The number of rotatable bonds is 3. The molecule has 1 aliphatic heterocycles. The normalized spacial score (nSPS) is 14.7. The molecular weight excluding hydrogens is 446 g/mol. The van der Waals surface area contributed by atoms with Gasteiger partial charge in [0.15, 0.2) is 0 Å². The molecule has 0 N–H and O–H groups in total. The van der Waals surface area contributed by atoms with Gasteiger partial charge >= 0.3 is 11.9 Å². The van der Waals surface area contributed by atoms with Crippen molar-refractivity contribution in [3.8, 4) is 0 Å². The van der Waals surface area contributed by atoms with Crippen LogP contribution < -0.4 is 4.90 Å². The van der Waals surface area contributed by atoms with Crippen LogP contribution in [0, 0.1) is 13.8 Å². The highest BCUT2D eigenvalue weighted by atomic mass is 79.9. The van der Waals surface area contributed by atoms with E-state index < -0.39 is 11.9 Å². The number of carbonyl (C=O) groups excluding carboxylic acids is 2. The van der Waals surface area contributed by atoms with Crippen molar-refractivity contribution in [3.63, 3.8) is 0 Å². The van der Waals surface area contributed by atoms with E-state index in [-0.39, 0.29) is 24.6 Å². The Hall–Kier alpha value is -1.38. The third kappa shape index (κ3) is 3.36. The van der Waals surface area contributed by atoms with Crippen molar-refractivity contribution in [1.82, 2.24) is 0 Å². The predicted molar refractivity (Wildman–Crippen MR) is 95.7 cm³/mol. The summed E-state index contributed by atoms with van der Waals surface area (Å²) in [6, 6.07) is 1.94. The second kappa shape index (κ2) is 7.67. The number of halogens is 2. The fourth-order valence-electron chi connectivity index (χ4n) is 2.39. The number of hydrogen-bond acceptors (Lipinski definition) is 6. The van der Waals surface area contributed by atoms with Crippen LogP contribution in [0.5, 0.6) is 0 Å². The summed E-state index contributed by atoms with van der Waals surface area (Å²) in [5, 5.41) is 0.